The van der Waals surface area contributed by atoms with Crippen molar-refractivity contribution in [3.05, 3.63) is 70.4 Å². The quantitative estimate of drug-likeness (QED) is 0.456. The standard InChI is InChI=1S/C22H22N6O3/c1-2-16-14-20(26-21(25-16)15-7-9-18(10-8-15)28(30)31)24-17-5-3-6-19(13-17)27-12-4-11-23-22(27)29/h3,5-10,13-14H,2,4,11-12H2,1H3,(H,23,29)(H,24,25,26). The molecule has 0 bridgehead atoms. The van der Waals surface area contributed by atoms with Gasteiger partial charge >= 0.3 is 6.03 Å². The van der Waals surface area contributed by atoms with Crippen LogP contribution in [0.15, 0.2) is 54.6 Å². The fourth-order valence-corrected chi connectivity index (χ4v) is 3.38. The van der Waals surface area contributed by atoms with E-state index in [4.69, 9.17) is 0 Å². The van der Waals surface area contributed by atoms with Crippen molar-refractivity contribution in [1.82, 2.24) is 15.3 Å². The van der Waals surface area contributed by atoms with E-state index >= 15 is 0 Å². The molecule has 9 heteroatoms. The number of carbonyl (C=O) groups is 1. The maximum Gasteiger partial charge on any atom is 0.321 e. The minimum atomic E-state index is -0.435. The molecule has 2 N–H and O–H groups in total. The van der Waals surface area contributed by atoms with Gasteiger partial charge in [0.25, 0.3) is 5.69 Å². The van der Waals surface area contributed by atoms with E-state index < -0.39 is 4.92 Å². The van der Waals surface area contributed by atoms with Gasteiger partial charge in [-0.3, -0.25) is 15.0 Å². The number of benzene rings is 2. The summed E-state index contributed by atoms with van der Waals surface area (Å²) >= 11 is 0. The van der Waals surface area contributed by atoms with Crippen LogP contribution in [-0.2, 0) is 6.42 Å². The highest BCUT2D eigenvalue weighted by Gasteiger charge is 2.19. The van der Waals surface area contributed by atoms with E-state index in [-0.39, 0.29) is 11.7 Å². The Kier molecular flexibility index (Phi) is 5.74. The first kappa shape index (κ1) is 20.3. The second kappa shape index (κ2) is 8.78. The molecule has 1 aliphatic heterocycles. The second-order valence-electron chi connectivity index (χ2n) is 7.14. The van der Waals surface area contributed by atoms with Gasteiger partial charge in [-0.05, 0) is 43.2 Å². The predicted molar refractivity (Wildman–Crippen MR) is 119 cm³/mol. The van der Waals surface area contributed by atoms with Crippen molar-refractivity contribution in [2.45, 2.75) is 19.8 Å². The predicted octanol–water partition coefficient (Wildman–Crippen LogP) is 4.28. The van der Waals surface area contributed by atoms with Crippen molar-refractivity contribution in [1.29, 1.82) is 0 Å². The second-order valence-corrected chi connectivity index (χ2v) is 7.14. The maximum atomic E-state index is 12.1. The van der Waals surface area contributed by atoms with Crippen molar-refractivity contribution in [2.24, 2.45) is 0 Å². The minimum Gasteiger partial charge on any atom is -0.340 e. The first-order valence-corrected chi connectivity index (χ1v) is 10.1. The number of anilines is 3. The Bertz CT molecular complexity index is 1120. The molecule has 1 fully saturated rings. The van der Waals surface area contributed by atoms with E-state index in [1.165, 1.54) is 12.1 Å². The fourth-order valence-electron chi connectivity index (χ4n) is 3.38. The molecule has 1 aliphatic rings. The van der Waals surface area contributed by atoms with Gasteiger partial charge in [-0.25, -0.2) is 14.8 Å². The van der Waals surface area contributed by atoms with Crippen LogP contribution in [0.3, 0.4) is 0 Å². The first-order valence-electron chi connectivity index (χ1n) is 10.1. The summed E-state index contributed by atoms with van der Waals surface area (Å²) in [6.45, 7) is 3.37. The molecule has 2 heterocycles. The number of nitrogens with one attached hydrogen (secondary N) is 2. The van der Waals surface area contributed by atoms with Crippen LogP contribution in [-0.4, -0.2) is 34.0 Å². The van der Waals surface area contributed by atoms with E-state index in [2.05, 4.69) is 20.6 Å². The Morgan fingerprint density at radius 1 is 1.16 bits per heavy atom. The van der Waals surface area contributed by atoms with E-state index in [9.17, 15) is 14.9 Å². The molecule has 1 aromatic heterocycles. The molecule has 0 unspecified atom stereocenters. The van der Waals surface area contributed by atoms with Crippen molar-refractivity contribution < 1.29 is 9.72 Å². The molecule has 0 spiro atoms. The molecule has 3 aromatic rings. The molecule has 0 radical (unpaired) electrons. The third-order valence-electron chi connectivity index (χ3n) is 4.99. The molecule has 0 aliphatic carbocycles. The van der Waals surface area contributed by atoms with Crippen LogP contribution in [0.1, 0.15) is 19.0 Å². The number of nitrogens with zero attached hydrogens (tertiary/aromatic N) is 4. The zero-order chi connectivity index (χ0) is 21.8. The first-order chi connectivity index (χ1) is 15.0. The van der Waals surface area contributed by atoms with Crippen LogP contribution in [0.2, 0.25) is 0 Å². The molecule has 2 aromatic carbocycles. The molecule has 0 atom stereocenters. The maximum absolute atomic E-state index is 12.1. The van der Waals surface area contributed by atoms with E-state index in [0.29, 0.717) is 36.7 Å². The average Bonchev–Trinajstić information content (AvgIpc) is 2.79. The van der Waals surface area contributed by atoms with Crippen molar-refractivity contribution in [3.63, 3.8) is 0 Å². The van der Waals surface area contributed by atoms with Gasteiger partial charge in [0.05, 0.1) is 4.92 Å². The number of urea groups is 1. The normalized spacial score (nSPS) is 13.6. The molecule has 0 saturated carbocycles. The molecule has 4 rings (SSSR count). The molecular formula is C22H22N6O3. The lowest BCUT2D eigenvalue weighted by Gasteiger charge is -2.27. The van der Waals surface area contributed by atoms with Gasteiger partial charge in [0.1, 0.15) is 5.82 Å². The lowest BCUT2D eigenvalue weighted by atomic mass is 10.2. The number of carbonyl (C=O) groups excluding carboxylic acids is 1. The third-order valence-corrected chi connectivity index (χ3v) is 4.99. The number of amides is 2. The van der Waals surface area contributed by atoms with Crippen molar-refractivity contribution in [2.75, 3.05) is 23.3 Å². The summed E-state index contributed by atoms with van der Waals surface area (Å²) in [7, 11) is 0. The van der Waals surface area contributed by atoms with Gasteiger partial charge < -0.3 is 10.6 Å². The molecular weight excluding hydrogens is 396 g/mol. The van der Waals surface area contributed by atoms with E-state index in [0.717, 1.165) is 23.5 Å². The Labute approximate surface area is 179 Å². The summed E-state index contributed by atoms with van der Waals surface area (Å²) in [6.07, 6.45) is 1.61. The van der Waals surface area contributed by atoms with E-state index in [1.807, 2.05) is 37.3 Å². The highest BCUT2D eigenvalue weighted by atomic mass is 16.6. The number of nitro benzene ring substituents is 1. The lowest BCUT2D eigenvalue weighted by molar-refractivity contribution is -0.384. The summed E-state index contributed by atoms with van der Waals surface area (Å²) in [5.41, 5.74) is 3.17. The van der Waals surface area contributed by atoms with Gasteiger partial charge in [0, 0.05) is 53.9 Å². The lowest BCUT2D eigenvalue weighted by Crippen LogP contribution is -2.46. The summed E-state index contributed by atoms with van der Waals surface area (Å²) in [4.78, 5) is 33.5. The number of hydrogen-bond donors (Lipinski definition) is 2. The highest BCUT2D eigenvalue weighted by molar-refractivity contribution is 5.93. The smallest absolute Gasteiger partial charge is 0.321 e. The summed E-state index contributed by atoms with van der Waals surface area (Å²) < 4.78 is 0. The van der Waals surface area contributed by atoms with Crippen LogP contribution >= 0.6 is 0 Å². The van der Waals surface area contributed by atoms with Gasteiger partial charge in [-0.1, -0.05) is 13.0 Å². The largest absolute Gasteiger partial charge is 0.340 e. The van der Waals surface area contributed by atoms with Gasteiger partial charge in [-0.15, -0.1) is 0 Å². The van der Waals surface area contributed by atoms with Crippen LogP contribution in [0.4, 0.5) is 27.7 Å². The Morgan fingerprint density at radius 2 is 1.97 bits per heavy atom. The van der Waals surface area contributed by atoms with Gasteiger partial charge in [0.15, 0.2) is 5.82 Å². The van der Waals surface area contributed by atoms with Crippen molar-refractivity contribution in [3.8, 4) is 11.4 Å². The number of aryl methyl sites for hydroxylation is 1. The minimum absolute atomic E-state index is 0.0207. The molecule has 158 valence electrons. The Balaban J connectivity index is 1.61. The Hall–Kier alpha value is -4.01. The SMILES string of the molecule is CCc1cc(Nc2cccc(N3CCCNC3=O)c2)nc(-c2ccc([N+](=O)[O-])cc2)n1. The van der Waals surface area contributed by atoms with Crippen molar-refractivity contribution >= 4 is 28.9 Å². The highest BCUT2D eigenvalue weighted by Crippen LogP contribution is 2.26. The monoisotopic (exact) mass is 418 g/mol. The summed E-state index contributed by atoms with van der Waals surface area (Å²) in [5, 5.41) is 17.1. The summed E-state index contributed by atoms with van der Waals surface area (Å²) in [6, 6.07) is 15.5. The number of nitro groups is 1. The number of rotatable bonds is 6. The third kappa shape index (κ3) is 4.61. The van der Waals surface area contributed by atoms with E-state index in [1.54, 1.807) is 17.0 Å². The zero-order valence-corrected chi connectivity index (χ0v) is 17.0. The van der Waals surface area contributed by atoms with Crippen LogP contribution < -0.4 is 15.5 Å². The molecule has 31 heavy (non-hydrogen) atoms. The van der Waals surface area contributed by atoms with Crippen LogP contribution in [0, 0.1) is 10.1 Å². The number of hydrogen-bond acceptors (Lipinski definition) is 6. The van der Waals surface area contributed by atoms with Crippen LogP contribution in [0.25, 0.3) is 11.4 Å². The average molecular weight is 418 g/mol. The molecule has 2 amide bonds. The molecule has 1 saturated heterocycles. The van der Waals surface area contributed by atoms with Crippen LogP contribution in [0.5, 0.6) is 0 Å². The number of non-ortho nitro benzene ring substituents is 1. The zero-order valence-electron chi connectivity index (χ0n) is 17.0. The molecule has 9 nitrogen and oxygen atoms in total. The van der Waals surface area contributed by atoms with Gasteiger partial charge in [0.2, 0.25) is 0 Å². The Morgan fingerprint density at radius 3 is 2.68 bits per heavy atom. The van der Waals surface area contributed by atoms with Gasteiger partial charge in [-0.2, -0.15) is 0 Å². The number of aromatic nitrogens is 2. The topological polar surface area (TPSA) is 113 Å². The summed E-state index contributed by atoms with van der Waals surface area (Å²) in [5.74, 6) is 1.10. The fraction of sp³-hybridized carbons (Fsp3) is 0.227.